The van der Waals surface area contributed by atoms with Crippen molar-refractivity contribution in [3.8, 4) is 0 Å². The quantitative estimate of drug-likeness (QED) is 0.258. The molecule has 0 spiro atoms. The Balaban J connectivity index is 2.04. The lowest BCUT2D eigenvalue weighted by Gasteiger charge is -2.32. The molecule has 1 saturated heterocycles. The van der Waals surface area contributed by atoms with E-state index in [1.165, 1.54) is 25.7 Å². The van der Waals surface area contributed by atoms with Gasteiger partial charge in [-0.05, 0) is 24.0 Å². The number of unbranched alkanes of at least 4 members (excludes halogenated alkanes) is 6. The van der Waals surface area contributed by atoms with Crippen LogP contribution in [0, 0.1) is 11.3 Å². The Kier molecular flexibility index (Phi) is 12.0. The molecule has 2 heterocycles. The van der Waals surface area contributed by atoms with Crippen LogP contribution in [0.1, 0.15) is 98.6 Å². The van der Waals surface area contributed by atoms with Gasteiger partial charge in [0.05, 0.1) is 5.92 Å². The van der Waals surface area contributed by atoms with Gasteiger partial charge < -0.3 is 20.1 Å². The van der Waals surface area contributed by atoms with Gasteiger partial charge in [-0.2, -0.15) is 0 Å². The minimum Gasteiger partial charge on any atom is -0.432 e. The summed E-state index contributed by atoms with van der Waals surface area (Å²) in [5.74, 6) is -2.95. The molecule has 2 rings (SSSR count). The first-order valence-corrected chi connectivity index (χ1v) is 13.8. The molecule has 1 aromatic heterocycles. The van der Waals surface area contributed by atoms with Crippen LogP contribution in [0.4, 0.5) is 0 Å². The third kappa shape index (κ3) is 10.4. The van der Waals surface area contributed by atoms with Gasteiger partial charge in [-0.25, -0.2) is 4.79 Å². The fourth-order valence-electron chi connectivity index (χ4n) is 4.55. The normalized spacial score (nSPS) is 18.6. The molecule has 2 amide bonds. The van der Waals surface area contributed by atoms with Gasteiger partial charge in [-0.3, -0.25) is 14.6 Å². The van der Waals surface area contributed by atoms with E-state index in [-0.39, 0.29) is 11.8 Å². The summed E-state index contributed by atoms with van der Waals surface area (Å²) in [6.45, 7) is 11.7. The predicted molar refractivity (Wildman–Crippen MR) is 143 cm³/mol. The number of nitrogens with zero attached hydrogens (tertiary/aromatic N) is 1. The Morgan fingerprint density at radius 2 is 1.73 bits per heavy atom. The highest BCUT2D eigenvalue weighted by atomic mass is 16.8. The Hall–Kier alpha value is -2.48. The van der Waals surface area contributed by atoms with E-state index in [9.17, 15) is 14.4 Å². The molecule has 2 N–H and O–H groups in total. The summed E-state index contributed by atoms with van der Waals surface area (Å²) in [6, 6.07) is 4.89. The Labute approximate surface area is 222 Å². The molecule has 37 heavy (non-hydrogen) atoms. The van der Waals surface area contributed by atoms with E-state index >= 15 is 0 Å². The maximum atomic E-state index is 13.6. The predicted octanol–water partition coefficient (Wildman–Crippen LogP) is 4.71. The van der Waals surface area contributed by atoms with Crippen LogP contribution in [-0.2, 0) is 30.3 Å². The zero-order valence-electron chi connectivity index (χ0n) is 23.6. The third-order valence-electron chi connectivity index (χ3n) is 6.63. The Morgan fingerprint density at radius 3 is 2.30 bits per heavy atom. The molecule has 0 aromatic carbocycles. The standard InChI is InChI=1S/C29H47N3O5/c1-7-8-9-10-11-12-13-17-22(23-27(35)37-29(5,6)36-23)25(33)32-24(28(2,3)4)26(34)31-20-18-21-16-14-15-19-30-21/h14-16,19,22-24H,7-13,17-18,20H2,1-6H3,(H,31,34)(H,32,33)/t22-,23+,24-/m1/s1. The summed E-state index contributed by atoms with van der Waals surface area (Å²) in [4.78, 5) is 43.6. The Bertz CT molecular complexity index is 866. The molecule has 3 atom stereocenters. The molecular formula is C29H47N3O5. The maximum Gasteiger partial charge on any atom is 0.338 e. The summed E-state index contributed by atoms with van der Waals surface area (Å²) >= 11 is 0. The molecule has 1 aliphatic heterocycles. The van der Waals surface area contributed by atoms with Crippen molar-refractivity contribution in [1.29, 1.82) is 0 Å². The van der Waals surface area contributed by atoms with Crippen LogP contribution in [0.15, 0.2) is 24.4 Å². The van der Waals surface area contributed by atoms with E-state index in [1.807, 2.05) is 39.0 Å². The van der Waals surface area contributed by atoms with Crippen molar-refractivity contribution >= 4 is 17.8 Å². The number of carbonyl (C=O) groups is 3. The third-order valence-corrected chi connectivity index (χ3v) is 6.63. The number of aromatic nitrogens is 1. The fourth-order valence-corrected chi connectivity index (χ4v) is 4.55. The molecule has 0 saturated carbocycles. The summed E-state index contributed by atoms with van der Waals surface area (Å²) in [5, 5.41) is 5.88. The van der Waals surface area contributed by atoms with Crippen LogP contribution in [-0.4, -0.2) is 47.2 Å². The van der Waals surface area contributed by atoms with Crippen LogP contribution in [0.2, 0.25) is 0 Å². The number of pyridine rings is 1. The smallest absolute Gasteiger partial charge is 0.338 e. The minimum atomic E-state index is -1.08. The second kappa shape index (κ2) is 14.5. The van der Waals surface area contributed by atoms with E-state index < -0.39 is 35.2 Å². The van der Waals surface area contributed by atoms with Crippen LogP contribution in [0.25, 0.3) is 0 Å². The second-order valence-corrected chi connectivity index (χ2v) is 11.5. The van der Waals surface area contributed by atoms with Gasteiger partial charge in [0.1, 0.15) is 6.04 Å². The van der Waals surface area contributed by atoms with Crippen LogP contribution in [0.3, 0.4) is 0 Å². The molecule has 1 aliphatic rings. The van der Waals surface area contributed by atoms with Crippen molar-refractivity contribution in [2.75, 3.05) is 6.54 Å². The van der Waals surface area contributed by atoms with Crippen LogP contribution in [0.5, 0.6) is 0 Å². The number of ether oxygens (including phenoxy) is 2. The van der Waals surface area contributed by atoms with Crippen LogP contribution < -0.4 is 10.6 Å². The number of cyclic esters (lactones) is 1. The first kappa shape index (κ1) is 30.7. The topological polar surface area (TPSA) is 107 Å². The summed E-state index contributed by atoms with van der Waals surface area (Å²) in [6.07, 6.45) is 9.52. The zero-order chi connectivity index (χ0) is 27.5. The fraction of sp³-hybridized carbons (Fsp3) is 0.724. The number of nitrogens with one attached hydrogen (secondary N) is 2. The first-order valence-electron chi connectivity index (χ1n) is 13.8. The summed E-state index contributed by atoms with van der Waals surface area (Å²) in [7, 11) is 0. The van der Waals surface area contributed by atoms with Gasteiger partial charge in [0, 0.05) is 38.7 Å². The van der Waals surface area contributed by atoms with Gasteiger partial charge in [0.2, 0.25) is 17.6 Å². The molecule has 1 fully saturated rings. The second-order valence-electron chi connectivity index (χ2n) is 11.5. The monoisotopic (exact) mass is 517 g/mol. The average molecular weight is 518 g/mol. The van der Waals surface area contributed by atoms with Gasteiger partial charge in [0.15, 0.2) is 6.10 Å². The largest absolute Gasteiger partial charge is 0.432 e. The highest BCUT2D eigenvalue weighted by molar-refractivity contribution is 5.92. The summed E-state index contributed by atoms with van der Waals surface area (Å²) < 4.78 is 11.2. The van der Waals surface area contributed by atoms with E-state index in [2.05, 4.69) is 22.5 Å². The number of hydrogen-bond donors (Lipinski definition) is 2. The highest BCUT2D eigenvalue weighted by Gasteiger charge is 2.48. The maximum absolute atomic E-state index is 13.6. The zero-order valence-corrected chi connectivity index (χ0v) is 23.6. The van der Waals surface area contributed by atoms with Gasteiger partial charge in [-0.1, -0.05) is 78.7 Å². The van der Waals surface area contributed by atoms with Crippen molar-refractivity contribution in [3.05, 3.63) is 30.1 Å². The van der Waals surface area contributed by atoms with E-state index in [1.54, 1.807) is 20.0 Å². The minimum absolute atomic E-state index is 0.262. The van der Waals surface area contributed by atoms with Crippen LogP contribution >= 0.6 is 0 Å². The molecule has 1 aromatic rings. The molecular weight excluding hydrogens is 470 g/mol. The first-order chi connectivity index (χ1) is 17.4. The van der Waals surface area contributed by atoms with E-state index in [0.29, 0.717) is 19.4 Å². The number of amides is 2. The van der Waals surface area contributed by atoms with E-state index in [0.717, 1.165) is 25.0 Å². The SMILES string of the molecule is CCCCCCCCC[C@@H](C(=O)N[C@H](C(=O)NCCc1ccccn1)C(C)(C)C)[C@@H]1OC(C)(C)OC1=O. The van der Waals surface area contributed by atoms with Crippen molar-refractivity contribution in [2.24, 2.45) is 11.3 Å². The lowest BCUT2D eigenvalue weighted by molar-refractivity contribution is -0.162. The number of hydrogen-bond acceptors (Lipinski definition) is 6. The van der Waals surface area contributed by atoms with E-state index in [4.69, 9.17) is 9.47 Å². The van der Waals surface area contributed by atoms with Gasteiger partial charge in [0.25, 0.3) is 0 Å². The molecule has 0 radical (unpaired) electrons. The number of carbonyl (C=O) groups excluding carboxylic acids is 3. The molecule has 8 heteroatoms. The number of esters is 1. The molecule has 0 aliphatic carbocycles. The molecule has 208 valence electrons. The lowest BCUT2D eigenvalue weighted by atomic mass is 9.85. The summed E-state index contributed by atoms with van der Waals surface area (Å²) in [5.41, 5.74) is 0.346. The Morgan fingerprint density at radius 1 is 1.05 bits per heavy atom. The molecule has 8 nitrogen and oxygen atoms in total. The van der Waals surface area contributed by atoms with Crippen molar-refractivity contribution in [2.45, 2.75) is 117 Å². The van der Waals surface area contributed by atoms with Crippen molar-refractivity contribution < 1.29 is 23.9 Å². The molecule has 0 unspecified atom stereocenters. The van der Waals surface area contributed by atoms with Gasteiger partial charge >= 0.3 is 5.97 Å². The van der Waals surface area contributed by atoms with Crippen molar-refractivity contribution in [3.63, 3.8) is 0 Å². The van der Waals surface area contributed by atoms with Gasteiger partial charge in [-0.15, -0.1) is 0 Å². The lowest BCUT2D eigenvalue weighted by Crippen LogP contribution is -2.56. The average Bonchev–Trinajstić information content (AvgIpc) is 3.10. The number of rotatable bonds is 15. The molecule has 0 bridgehead atoms. The van der Waals surface area contributed by atoms with Crippen molar-refractivity contribution in [1.82, 2.24) is 15.6 Å². The highest BCUT2D eigenvalue weighted by Crippen LogP contribution is 2.31.